The highest BCUT2D eigenvalue weighted by Gasteiger charge is 2.45. The average molecular weight is 279 g/mol. The first-order valence-electron chi connectivity index (χ1n) is 6.21. The maximum Gasteiger partial charge on any atom is 0.320 e. The van der Waals surface area contributed by atoms with Crippen LogP contribution in [0.3, 0.4) is 0 Å². The normalized spacial score (nSPS) is 21.3. The molecule has 1 fully saturated rings. The summed E-state index contributed by atoms with van der Waals surface area (Å²) in [6, 6.07) is -1.01. The Hall–Kier alpha value is -1.24. The number of esters is 1. The van der Waals surface area contributed by atoms with Crippen LogP contribution < -0.4 is 5.73 Å². The van der Waals surface area contributed by atoms with E-state index in [9.17, 15) is 18.4 Å². The quantitative estimate of drug-likeness (QED) is 0.688. The van der Waals surface area contributed by atoms with Crippen molar-refractivity contribution >= 4 is 11.9 Å². The van der Waals surface area contributed by atoms with Crippen LogP contribution >= 0.6 is 0 Å². The van der Waals surface area contributed by atoms with Gasteiger partial charge < -0.3 is 15.6 Å². The number of rotatable bonds is 7. The zero-order valence-electron chi connectivity index (χ0n) is 10.8. The number of hydrogen-bond donors (Lipinski definition) is 2. The molecule has 2 atom stereocenters. The summed E-state index contributed by atoms with van der Waals surface area (Å²) in [4.78, 5) is 21.9. The molecule has 0 bridgehead atoms. The maximum atomic E-state index is 12.5. The number of carbonyl (C=O) groups is 2. The maximum absolute atomic E-state index is 12.5. The van der Waals surface area contributed by atoms with Gasteiger partial charge in [-0.05, 0) is 12.3 Å². The lowest BCUT2D eigenvalue weighted by molar-refractivity contribution is -0.158. The van der Waals surface area contributed by atoms with Crippen molar-refractivity contribution in [2.24, 2.45) is 17.6 Å². The Morgan fingerprint density at radius 2 is 2.05 bits per heavy atom. The van der Waals surface area contributed by atoms with Gasteiger partial charge in [-0.3, -0.25) is 9.59 Å². The van der Waals surface area contributed by atoms with Gasteiger partial charge in [0, 0.05) is 25.2 Å². The first-order chi connectivity index (χ1) is 8.69. The molecule has 1 aliphatic carbocycles. The molecule has 110 valence electrons. The minimum absolute atomic E-state index is 0.00608. The number of hydrogen-bond acceptors (Lipinski definition) is 4. The second-order valence-electron chi connectivity index (χ2n) is 5.30. The van der Waals surface area contributed by atoms with Crippen LogP contribution in [0.1, 0.15) is 32.6 Å². The van der Waals surface area contributed by atoms with Crippen molar-refractivity contribution in [3.05, 3.63) is 0 Å². The Bertz CT molecular complexity index is 341. The van der Waals surface area contributed by atoms with Crippen molar-refractivity contribution in [1.82, 2.24) is 0 Å². The fraction of sp³-hybridized carbons (Fsp3) is 0.833. The zero-order chi connectivity index (χ0) is 14.6. The van der Waals surface area contributed by atoms with Crippen LogP contribution in [0.5, 0.6) is 0 Å². The van der Waals surface area contributed by atoms with E-state index in [0.717, 1.165) is 0 Å². The molecule has 5 nitrogen and oxygen atoms in total. The molecule has 0 heterocycles. The van der Waals surface area contributed by atoms with Gasteiger partial charge in [0.2, 0.25) is 5.92 Å². The first-order valence-corrected chi connectivity index (χ1v) is 6.21. The fourth-order valence-corrected chi connectivity index (χ4v) is 2.07. The van der Waals surface area contributed by atoms with Crippen LogP contribution in [0.25, 0.3) is 0 Å². The molecule has 0 spiro atoms. The van der Waals surface area contributed by atoms with Gasteiger partial charge in [0.25, 0.3) is 0 Å². The molecular weight excluding hydrogens is 260 g/mol. The van der Waals surface area contributed by atoms with E-state index in [1.54, 1.807) is 6.92 Å². The van der Waals surface area contributed by atoms with Gasteiger partial charge in [-0.2, -0.15) is 0 Å². The Labute approximate surface area is 110 Å². The van der Waals surface area contributed by atoms with Crippen LogP contribution in [0.2, 0.25) is 0 Å². The third kappa shape index (κ3) is 5.50. The summed E-state index contributed by atoms with van der Waals surface area (Å²) in [6.45, 7) is 1.70. The molecular formula is C12H19F2NO4. The van der Waals surface area contributed by atoms with Gasteiger partial charge >= 0.3 is 11.9 Å². The number of nitrogens with two attached hydrogens (primary N) is 1. The number of carboxylic acid groups (broad SMARTS) is 1. The number of alkyl halides is 2. The molecule has 0 amide bonds. The third-order valence-electron chi connectivity index (χ3n) is 3.14. The monoisotopic (exact) mass is 279 g/mol. The minimum atomic E-state index is -2.61. The lowest BCUT2D eigenvalue weighted by Gasteiger charge is -2.34. The lowest BCUT2D eigenvalue weighted by Crippen LogP contribution is -2.38. The van der Waals surface area contributed by atoms with Crippen molar-refractivity contribution in [2.45, 2.75) is 44.6 Å². The number of aliphatic carboxylic acids is 1. The predicted molar refractivity (Wildman–Crippen MR) is 62.6 cm³/mol. The first kappa shape index (κ1) is 15.8. The molecule has 1 unspecified atom stereocenters. The molecule has 0 radical (unpaired) electrons. The summed E-state index contributed by atoms with van der Waals surface area (Å²) in [5.41, 5.74) is 5.34. The smallest absolute Gasteiger partial charge is 0.320 e. The summed E-state index contributed by atoms with van der Waals surface area (Å²) in [5, 5.41) is 8.62. The second-order valence-corrected chi connectivity index (χ2v) is 5.30. The number of carbonyl (C=O) groups excluding carboxylic acids is 1. The largest absolute Gasteiger partial charge is 0.480 e. The molecule has 0 aromatic rings. The van der Waals surface area contributed by atoms with Gasteiger partial charge in [-0.25, -0.2) is 8.78 Å². The van der Waals surface area contributed by atoms with Crippen molar-refractivity contribution in [1.29, 1.82) is 0 Å². The van der Waals surface area contributed by atoms with Gasteiger partial charge in [0.15, 0.2) is 0 Å². The van der Waals surface area contributed by atoms with E-state index < -0.39 is 23.9 Å². The van der Waals surface area contributed by atoms with E-state index in [1.807, 2.05) is 0 Å². The highest BCUT2D eigenvalue weighted by Crippen LogP contribution is 2.42. The molecule has 1 aliphatic rings. The van der Waals surface area contributed by atoms with Crippen LogP contribution in [0.15, 0.2) is 0 Å². The van der Waals surface area contributed by atoms with Crippen molar-refractivity contribution < 1.29 is 28.2 Å². The molecule has 3 N–H and O–H groups in total. The van der Waals surface area contributed by atoms with E-state index in [1.165, 1.54) is 0 Å². The summed E-state index contributed by atoms with van der Waals surface area (Å²) in [7, 11) is 0. The van der Waals surface area contributed by atoms with Crippen LogP contribution in [-0.2, 0) is 14.3 Å². The SMILES string of the molecule is CC(CC(=O)OCC1CC(F)(F)C1)C[C@H](N)C(=O)O. The minimum Gasteiger partial charge on any atom is -0.480 e. The van der Waals surface area contributed by atoms with Gasteiger partial charge in [0.1, 0.15) is 6.04 Å². The van der Waals surface area contributed by atoms with E-state index in [-0.39, 0.29) is 44.1 Å². The molecule has 1 rings (SSSR count). The van der Waals surface area contributed by atoms with Gasteiger partial charge in [0.05, 0.1) is 6.61 Å². The molecule has 0 aromatic heterocycles. The average Bonchev–Trinajstić information content (AvgIpc) is 2.22. The molecule has 19 heavy (non-hydrogen) atoms. The molecule has 1 saturated carbocycles. The molecule has 0 saturated heterocycles. The van der Waals surface area contributed by atoms with E-state index in [0.29, 0.717) is 0 Å². The van der Waals surface area contributed by atoms with Crippen LogP contribution in [-0.4, -0.2) is 35.6 Å². The molecule has 7 heteroatoms. The summed E-state index contributed by atoms with van der Waals surface area (Å²) in [6.07, 6.45) is -0.254. The Kier molecular flexibility index (Phi) is 5.22. The van der Waals surface area contributed by atoms with Gasteiger partial charge in [-0.1, -0.05) is 6.92 Å². The predicted octanol–water partition coefficient (Wildman–Crippen LogP) is 1.40. The van der Waals surface area contributed by atoms with E-state index in [4.69, 9.17) is 15.6 Å². The Balaban J connectivity index is 2.15. The Morgan fingerprint density at radius 3 is 2.53 bits per heavy atom. The zero-order valence-corrected chi connectivity index (χ0v) is 10.8. The standard InChI is InChI=1S/C12H19F2NO4/c1-7(2-9(15)11(17)18)3-10(16)19-6-8-4-12(13,14)5-8/h7-9H,2-6,15H2,1H3,(H,17,18)/t7?,9-/m0/s1. The molecule has 0 aromatic carbocycles. The van der Waals surface area contributed by atoms with E-state index in [2.05, 4.69) is 0 Å². The van der Waals surface area contributed by atoms with Crippen molar-refractivity contribution in [2.75, 3.05) is 6.61 Å². The second kappa shape index (κ2) is 6.27. The van der Waals surface area contributed by atoms with Crippen molar-refractivity contribution in [3.63, 3.8) is 0 Å². The summed E-state index contributed by atoms with van der Waals surface area (Å²) < 4.78 is 30.0. The van der Waals surface area contributed by atoms with Crippen LogP contribution in [0, 0.1) is 11.8 Å². The topological polar surface area (TPSA) is 89.6 Å². The van der Waals surface area contributed by atoms with Crippen LogP contribution in [0.4, 0.5) is 8.78 Å². The number of halogens is 2. The summed E-state index contributed by atoms with van der Waals surface area (Å²) in [5.74, 6) is -4.72. The van der Waals surface area contributed by atoms with E-state index >= 15 is 0 Å². The number of ether oxygens (including phenoxy) is 1. The fourth-order valence-electron chi connectivity index (χ4n) is 2.07. The summed E-state index contributed by atoms with van der Waals surface area (Å²) >= 11 is 0. The van der Waals surface area contributed by atoms with Gasteiger partial charge in [-0.15, -0.1) is 0 Å². The third-order valence-corrected chi connectivity index (χ3v) is 3.14. The number of carboxylic acids is 1. The Morgan fingerprint density at radius 1 is 1.47 bits per heavy atom. The lowest BCUT2D eigenvalue weighted by atomic mass is 9.82. The van der Waals surface area contributed by atoms with Crippen molar-refractivity contribution in [3.8, 4) is 0 Å². The highest BCUT2D eigenvalue weighted by atomic mass is 19.3. The highest BCUT2D eigenvalue weighted by molar-refractivity contribution is 5.73. The molecule has 0 aliphatic heterocycles.